The van der Waals surface area contributed by atoms with E-state index >= 15 is 0 Å². The van der Waals surface area contributed by atoms with Gasteiger partial charge in [-0.25, -0.2) is 0 Å². The van der Waals surface area contributed by atoms with E-state index < -0.39 is 0 Å². The summed E-state index contributed by atoms with van der Waals surface area (Å²) in [5, 5.41) is 0. The lowest BCUT2D eigenvalue weighted by Crippen LogP contribution is -2.33. The minimum Gasteiger partial charge on any atom is -0.0651 e. The molecule has 114 valence electrons. The third-order valence-electron chi connectivity index (χ3n) is 6.17. The van der Waals surface area contributed by atoms with Crippen molar-refractivity contribution in [3.05, 3.63) is 59.2 Å². The lowest BCUT2D eigenvalue weighted by atomic mass is 9.64. The molecule has 2 atom stereocenters. The highest BCUT2D eigenvalue weighted by Crippen LogP contribution is 2.58. The van der Waals surface area contributed by atoms with Gasteiger partial charge in [0.2, 0.25) is 0 Å². The maximum absolute atomic E-state index is 2.49. The summed E-state index contributed by atoms with van der Waals surface area (Å²) in [4.78, 5) is 0. The molecule has 0 N–H and O–H groups in total. The van der Waals surface area contributed by atoms with Crippen molar-refractivity contribution in [2.45, 2.75) is 57.8 Å². The second kappa shape index (κ2) is 5.26. The highest BCUT2D eigenvalue weighted by atomic mass is 14.5. The van der Waals surface area contributed by atoms with Crippen molar-refractivity contribution in [2.75, 3.05) is 0 Å². The summed E-state index contributed by atoms with van der Waals surface area (Å²) in [6.07, 6.45) is 8.20. The minimum absolute atomic E-state index is 0.281. The molecule has 0 nitrogen and oxygen atoms in total. The Bertz CT molecular complexity index is 697. The predicted molar refractivity (Wildman–Crippen MR) is 94.3 cm³/mol. The van der Waals surface area contributed by atoms with Gasteiger partial charge in [0, 0.05) is 5.41 Å². The summed E-state index contributed by atoms with van der Waals surface area (Å²) in [5.74, 6) is 0.791. The molecule has 2 aromatic rings. The quantitative estimate of drug-likeness (QED) is 0.582. The number of aryl methyl sites for hydroxylation is 1. The fourth-order valence-corrected chi connectivity index (χ4v) is 5.20. The Morgan fingerprint density at radius 3 is 2.64 bits per heavy atom. The van der Waals surface area contributed by atoms with Crippen molar-refractivity contribution >= 4 is 0 Å². The molecule has 2 unspecified atom stereocenters. The zero-order valence-corrected chi connectivity index (χ0v) is 13.9. The van der Waals surface area contributed by atoms with Crippen LogP contribution in [0, 0.1) is 12.8 Å². The molecule has 0 heterocycles. The zero-order chi connectivity index (χ0) is 15.2. The fourth-order valence-electron chi connectivity index (χ4n) is 5.20. The van der Waals surface area contributed by atoms with Gasteiger partial charge in [0.1, 0.15) is 0 Å². The largest absolute Gasteiger partial charge is 0.0651 e. The van der Waals surface area contributed by atoms with Crippen LogP contribution in [0.15, 0.2) is 42.5 Å². The Kier molecular flexibility index (Phi) is 3.36. The van der Waals surface area contributed by atoms with Crippen molar-refractivity contribution in [1.29, 1.82) is 0 Å². The van der Waals surface area contributed by atoms with Gasteiger partial charge in [-0.15, -0.1) is 0 Å². The molecule has 22 heavy (non-hydrogen) atoms. The van der Waals surface area contributed by atoms with Gasteiger partial charge in [-0.2, -0.15) is 0 Å². The number of hydrogen-bond donors (Lipinski definition) is 0. The minimum atomic E-state index is 0.281. The molecular formula is C22H26. The van der Waals surface area contributed by atoms with Crippen molar-refractivity contribution in [2.24, 2.45) is 5.92 Å². The lowest BCUT2D eigenvalue weighted by molar-refractivity contribution is 0.297. The molecule has 2 aliphatic rings. The van der Waals surface area contributed by atoms with Crippen LogP contribution in [0.4, 0.5) is 0 Å². The summed E-state index contributed by atoms with van der Waals surface area (Å²) in [7, 11) is 0. The molecule has 0 bridgehead atoms. The Morgan fingerprint density at radius 2 is 1.77 bits per heavy atom. The maximum Gasteiger partial charge on any atom is 0.0243 e. The van der Waals surface area contributed by atoms with Gasteiger partial charge >= 0.3 is 0 Å². The van der Waals surface area contributed by atoms with Gasteiger partial charge in [-0.3, -0.25) is 0 Å². The van der Waals surface area contributed by atoms with Gasteiger partial charge in [-0.05, 0) is 47.9 Å². The second-order valence-corrected chi connectivity index (χ2v) is 7.27. The number of hydrogen-bond acceptors (Lipinski definition) is 0. The number of benzene rings is 2. The summed E-state index contributed by atoms with van der Waals surface area (Å²) in [6, 6.07) is 16.4. The van der Waals surface area contributed by atoms with Crippen LogP contribution in [-0.4, -0.2) is 0 Å². The Labute approximate surface area is 134 Å². The van der Waals surface area contributed by atoms with Gasteiger partial charge in [0.15, 0.2) is 0 Å². The first-order valence-electron chi connectivity index (χ1n) is 8.98. The van der Waals surface area contributed by atoms with Crippen LogP contribution in [0.2, 0.25) is 0 Å². The normalized spacial score (nSPS) is 26.5. The van der Waals surface area contributed by atoms with Gasteiger partial charge in [0.25, 0.3) is 0 Å². The SMILES string of the molecule is CCC1CCCCCC12c1ccccc1-c1ccc(C)cc12. The summed E-state index contributed by atoms with van der Waals surface area (Å²) in [5.41, 5.74) is 7.93. The van der Waals surface area contributed by atoms with E-state index in [0.717, 1.165) is 5.92 Å². The van der Waals surface area contributed by atoms with Crippen molar-refractivity contribution in [3.63, 3.8) is 0 Å². The fraction of sp³-hybridized carbons (Fsp3) is 0.455. The second-order valence-electron chi connectivity index (χ2n) is 7.27. The molecule has 0 aromatic heterocycles. The molecule has 0 amide bonds. The third kappa shape index (κ3) is 1.82. The molecule has 1 saturated carbocycles. The molecule has 0 saturated heterocycles. The van der Waals surface area contributed by atoms with Gasteiger partial charge < -0.3 is 0 Å². The zero-order valence-electron chi connectivity index (χ0n) is 13.9. The van der Waals surface area contributed by atoms with Crippen LogP contribution >= 0.6 is 0 Å². The van der Waals surface area contributed by atoms with Crippen LogP contribution in [-0.2, 0) is 5.41 Å². The average Bonchev–Trinajstić information content (AvgIpc) is 2.69. The molecular weight excluding hydrogens is 264 g/mol. The third-order valence-corrected chi connectivity index (χ3v) is 6.17. The smallest absolute Gasteiger partial charge is 0.0243 e. The van der Waals surface area contributed by atoms with Crippen LogP contribution in [0.25, 0.3) is 11.1 Å². The molecule has 2 aliphatic carbocycles. The Morgan fingerprint density at radius 1 is 0.955 bits per heavy atom. The Hall–Kier alpha value is -1.56. The van der Waals surface area contributed by atoms with Gasteiger partial charge in [0.05, 0.1) is 0 Å². The summed E-state index contributed by atoms with van der Waals surface area (Å²) < 4.78 is 0. The van der Waals surface area contributed by atoms with Crippen LogP contribution in [0.5, 0.6) is 0 Å². The molecule has 1 spiro atoms. The highest BCUT2D eigenvalue weighted by Gasteiger charge is 2.47. The van der Waals surface area contributed by atoms with Gasteiger partial charge in [-0.1, -0.05) is 80.6 Å². The monoisotopic (exact) mass is 290 g/mol. The summed E-state index contributed by atoms with van der Waals surface area (Å²) >= 11 is 0. The Balaban J connectivity index is 2.03. The van der Waals surface area contributed by atoms with E-state index in [1.54, 1.807) is 11.1 Å². The van der Waals surface area contributed by atoms with E-state index in [-0.39, 0.29) is 5.41 Å². The number of rotatable bonds is 1. The first-order valence-corrected chi connectivity index (χ1v) is 8.98. The molecule has 2 aromatic carbocycles. The summed E-state index contributed by atoms with van der Waals surface area (Å²) in [6.45, 7) is 4.64. The molecule has 0 radical (unpaired) electrons. The van der Waals surface area contributed by atoms with E-state index in [1.165, 1.54) is 55.2 Å². The highest BCUT2D eigenvalue weighted by molar-refractivity contribution is 5.81. The topological polar surface area (TPSA) is 0 Å². The van der Waals surface area contributed by atoms with Crippen LogP contribution < -0.4 is 0 Å². The van der Waals surface area contributed by atoms with Crippen LogP contribution in [0.1, 0.15) is 62.1 Å². The van der Waals surface area contributed by atoms with E-state index in [1.807, 2.05) is 0 Å². The molecule has 0 aliphatic heterocycles. The standard InChI is InChI=1S/C22H26/c1-3-17-9-5-4-8-14-22(17)20-11-7-6-10-18(20)19-13-12-16(2)15-21(19)22/h6-7,10-13,15,17H,3-5,8-9,14H2,1-2H3. The van der Waals surface area contributed by atoms with Crippen LogP contribution in [0.3, 0.4) is 0 Å². The lowest BCUT2D eigenvalue weighted by Gasteiger charge is -2.38. The first kappa shape index (κ1) is 14.1. The van der Waals surface area contributed by atoms with Crippen molar-refractivity contribution in [1.82, 2.24) is 0 Å². The number of fused-ring (bicyclic) bond motifs is 5. The van der Waals surface area contributed by atoms with E-state index in [2.05, 4.69) is 56.3 Å². The molecule has 4 rings (SSSR count). The van der Waals surface area contributed by atoms with E-state index in [4.69, 9.17) is 0 Å². The average molecular weight is 290 g/mol. The molecule has 1 fully saturated rings. The molecule has 0 heteroatoms. The van der Waals surface area contributed by atoms with Crippen molar-refractivity contribution in [3.8, 4) is 11.1 Å². The first-order chi connectivity index (χ1) is 10.8. The van der Waals surface area contributed by atoms with E-state index in [9.17, 15) is 0 Å². The van der Waals surface area contributed by atoms with Crippen molar-refractivity contribution < 1.29 is 0 Å². The predicted octanol–water partition coefficient (Wildman–Crippen LogP) is 6.25. The van der Waals surface area contributed by atoms with E-state index in [0.29, 0.717) is 0 Å². The maximum atomic E-state index is 2.49.